The fourth-order valence-electron chi connectivity index (χ4n) is 2.95. The van der Waals surface area contributed by atoms with Gasteiger partial charge in [-0.25, -0.2) is 0 Å². The first kappa shape index (κ1) is 10.5. The van der Waals surface area contributed by atoms with E-state index in [1.807, 2.05) is 0 Å². The van der Waals surface area contributed by atoms with Crippen LogP contribution in [0.15, 0.2) is 36.4 Å². The van der Waals surface area contributed by atoms with Gasteiger partial charge in [0.1, 0.15) is 6.29 Å². The molecule has 2 aromatic carbocycles. The van der Waals surface area contributed by atoms with Crippen molar-refractivity contribution in [3.05, 3.63) is 47.5 Å². The summed E-state index contributed by atoms with van der Waals surface area (Å²) in [6.07, 6.45) is 4.34. The Kier molecular flexibility index (Phi) is 2.29. The normalized spacial score (nSPS) is 17.7. The van der Waals surface area contributed by atoms with Crippen LogP contribution < -0.4 is 0 Å². The van der Waals surface area contributed by atoms with Crippen LogP contribution in [0.5, 0.6) is 0 Å². The van der Waals surface area contributed by atoms with Gasteiger partial charge in [-0.15, -0.1) is 0 Å². The summed E-state index contributed by atoms with van der Waals surface area (Å²) in [5.74, 6) is 0. The molecule has 0 atom stereocenters. The van der Waals surface area contributed by atoms with E-state index in [1.165, 1.54) is 28.3 Å². The summed E-state index contributed by atoms with van der Waals surface area (Å²) in [5, 5.41) is 2.53. The molecule has 0 saturated heterocycles. The molecule has 1 aliphatic carbocycles. The highest BCUT2D eigenvalue weighted by molar-refractivity contribution is 5.92. The smallest absolute Gasteiger partial charge is 0.130 e. The van der Waals surface area contributed by atoms with E-state index in [2.05, 4.69) is 43.3 Å². The zero-order valence-electron chi connectivity index (χ0n) is 10.1. The lowest BCUT2D eigenvalue weighted by Gasteiger charge is -2.38. The van der Waals surface area contributed by atoms with Gasteiger partial charge in [-0.05, 0) is 41.7 Å². The molecule has 0 N–H and O–H groups in total. The molecule has 0 spiro atoms. The fourth-order valence-corrected chi connectivity index (χ4v) is 2.95. The monoisotopic (exact) mass is 224 g/mol. The fraction of sp³-hybridized carbons (Fsp3) is 0.312. The number of fused-ring (bicyclic) bond motifs is 1. The van der Waals surface area contributed by atoms with Crippen LogP contribution in [0, 0.1) is 6.92 Å². The molecule has 0 unspecified atom stereocenters. The minimum absolute atomic E-state index is 0.203. The molecule has 2 aromatic rings. The van der Waals surface area contributed by atoms with Gasteiger partial charge in [-0.1, -0.05) is 42.8 Å². The molecule has 3 rings (SSSR count). The van der Waals surface area contributed by atoms with E-state index in [1.54, 1.807) is 0 Å². The second-order valence-corrected chi connectivity index (χ2v) is 5.11. The molecule has 0 amide bonds. The number of carbonyl (C=O) groups is 1. The second kappa shape index (κ2) is 3.69. The molecule has 0 aliphatic heterocycles. The third-order valence-corrected chi connectivity index (χ3v) is 4.12. The molecule has 0 aromatic heterocycles. The van der Waals surface area contributed by atoms with Crippen molar-refractivity contribution in [1.29, 1.82) is 0 Å². The molecule has 86 valence electrons. The summed E-state index contributed by atoms with van der Waals surface area (Å²) < 4.78 is 0. The average molecular weight is 224 g/mol. The number of carbonyl (C=O) groups excluding carboxylic acids is 1. The Bertz CT molecular complexity index is 574. The predicted molar refractivity (Wildman–Crippen MR) is 70.3 cm³/mol. The van der Waals surface area contributed by atoms with E-state index < -0.39 is 0 Å². The van der Waals surface area contributed by atoms with Crippen LogP contribution in [-0.2, 0) is 10.2 Å². The molecule has 1 fully saturated rings. The Morgan fingerprint density at radius 2 is 1.82 bits per heavy atom. The molecule has 0 heterocycles. The van der Waals surface area contributed by atoms with Crippen LogP contribution in [0.25, 0.3) is 10.8 Å². The SMILES string of the molecule is Cc1cccc2cccc(C3(C=O)CCC3)c12. The minimum Gasteiger partial charge on any atom is -0.302 e. The second-order valence-electron chi connectivity index (χ2n) is 5.11. The third kappa shape index (κ3) is 1.42. The van der Waals surface area contributed by atoms with Crippen molar-refractivity contribution in [1.82, 2.24) is 0 Å². The maximum atomic E-state index is 11.5. The lowest BCUT2D eigenvalue weighted by molar-refractivity contribution is -0.115. The molecular weight excluding hydrogens is 208 g/mol. The first-order valence-corrected chi connectivity index (χ1v) is 6.22. The van der Waals surface area contributed by atoms with E-state index in [-0.39, 0.29) is 5.41 Å². The Morgan fingerprint density at radius 3 is 2.41 bits per heavy atom. The number of aryl methyl sites for hydroxylation is 1. The highest BCUT2D eigenvalue weighted by Gasteiger charge is 2.39. The number of hydrogen-bond acceptors (Lipinski definition) is 1. The maximum absolute atomic E-state index is 11.5. The van der Waals surface area contributed by atoms with Gasteiger partial charge >= 0.3 is 0 Å². The number of rotatable bonds is 2. The third-order valence-electron chi connectivity index (χ3n) is 4.12. The summed E-state index contributed by atoms with van der Waals surface area (Å²) >= 11 is 0. The molecule has 17 heavy (non-hydrogen) atoms. The van der Waals surface area contributed by atoms with Gasteiger partial charge in [0, 0.05) is 0 Å². The predicted octanol–water partition coefficient (Wildman–Crippen LogP) is 3.77. The van der Waals surface area contributed by atoms with Crippen molar-refractivity contribution >= 4 is 17.1 Å². The molecule has 1 nitrogen and oxygen atoms in total. The lowest BCUT2D eigenvalue weighted by Crippen LogP contribution is -2.36. The number of benzene rings is 2. The van der Waals surface area contributed by atoms with E-state index in [0.717, 1.165) is 19.1 Å². The van der Waals surface area contributed by atoms with Gasteiger partial charge in [0.25, 0.3) is 0 Å². The van der Waals surface area contributed by atoms with Gasteiger partial charge in [0.15, 0.2) is 0 Å². The first-order valence-electron chi connectivity index (χ1n) is 6.22. The van der Waals surface area contributed by atoms with Crippen molar-refractivity contribution in [2.45, 2.75) is 31.6 Å². The zero-order chi connectivity index (χ0) is 11.9. The molecular formula is C16H16O. The van der Waals surface area contributed by atoms with E-state index in [4.69, 9.17) is 0 Å². The summed E-state index contributed by atoms with van der Waals surface area (Å²) in [6.45, 7) is 2.13. The Hall–Kier alpha value is -1.63. The topological polar surface area (TPSA) is 17.1 Å². The van der Waals surface area contributed by atoms with Crippen LogP contribution in [-0.4, -0.2) is 6.29 Å². The molecule has 0 bridgehead atoms. The zero-order valence-corrected chi connectivity index (χ0v) is 10.1. The molecule has 1 saturated carbocycles. The van der Waals surface area contributed by atoms with Gasteiger partial charge in [-0.2, -0.15) is 0 Å². The Labute approximate surface area is 101 Å². The van der Waals surface area contributed by atoms with Gasteiger partial charge < -0.3 is 4.79 Å². The van der Waals surface area contributed by atoms with Crippen molar-refractivity contribution in [3.63, 3.8) is 0 Å². The van der Waals surface area contributed by atoms with Crippen LogP contribution in [0.3, 0.4) is 0 Å². The Morgan fingerprint density at radius 1 is 1.12 bits per heavy atom. The molecule has 0 radical (unpaired) electrons. The molecule has 1 heteroatoms. The highest BCUT2D eigenvalue weighted by atomic mass is 16.1. The Balaban J connectivity index is 2.33. The number of hydrogen-bond donors (Lipinski definition) is 0. The van der Waals surface area contributed by atoms with Crippen LogP contribution >= 0.6 is 0 Å². The van der Waals surface area contributed by atoms with Gasteiger partial charge in [-0.3, -0.25) is 0 Å². The van der Waals surface area contributed by atoms with Gasteiger partial charge in [0.05, 0.1) is 5.41 Å². The largest absolute Gasteiger partial charge is 0.302 e. The minimum atomic E-state index is -0.203. The highest BCUT2D eigenvalue weighted by Crippen LogP contribution is 2.45. The van der Waals surface area contributed by atoms with Crippen molar-refractivity contribution < 1.29 is 4.79 Å². The first-order chi connectivity index (χ1) is 8.27. The van der Waals surface area contributed by atoms with Crippen LogP contribution in [0.1, 0.15) is 30.4 Å². The van der Waals surface area contributed by atoms with E-state index in [0.29, 0.717) is 0 Å². The lowest BCUT2D eigenvalue weighted by atomic mass is 9.64. The summed E-state index contributed by atoms with van der Waals surface area (Å²) in [5.41, 5.74) is 2.30. The average Bonchev–Trinajstić information content (AvgIpc) is 2.29. The summed E-state index contributed by atoms with van der Waals surface area (Å²) in [7, 11) is 0. The molecule has 1 aliphatic rings. The van der Waals surface area contributed by atoms with Crippen LogP contribution in [0.4, 0.5) is 0 Å². The maximum Gasteiger partial charge on any atom is 0.130 e. The standard InChI is InChI=1S/C16H16O/c1-12-5-2-6-13-7-3-8-14(15(12)13)16(11-17)9-4-10-16/h2-3,5-8,11H,4,9-10H2,1H3. The van der Waals surface area contributed by atoms with Crippen molar-refractivity contribution in [3.8, 4) is 0 Å². The summed E-state index contributed by atoms with van der Waals surface area (Å²) in [4.78, 5) is 11.5. The van der Waals surface area contributed by atoms with Crippen molar-refractivity contribution in [2.75, 3.05) is 0 Å². The van der Waals surface area contributed by atoms with Crippen LogP contribution in [0.2, 0.25) is 0 Å². The van der Waals surface area contributed by atoms with E-state index >= 15 is 0 Å². The van der Waals surface area contributed by atoms with Gasteiger partial charge in [0.2, 0.25) is 0 Å². The summed E-state index contributed by atoms with van der Waals surface area (Å²) in [6, 6.07) is 12.7. The number of aldehydes is 1. The van der Waals surface area contributed by atoms with Crippen molar-refractivity contribution in [2.24, 2.45) is 0 Å². The van der Waals surface area contributed by atoms with E-state index in [9.17, 15) is 4.79 Å². The quantitative estimate of drug-likeness (QED) is 0.710.